The van der Waals surface area contributed by atoms with Gasteiger partial charge in [-0.2, -0.15) is 18.5 Å². The average Bonchev–Trinajstić information content (AvgIpc) is 2.89. The Morgan fingerprint density at radius 3 is 2.61 bits per heavy atom. The second-order valence-electron chi connectivity index (χ2n) is 9.06. The molecule has 0 saturated carbocycles. The van der Waals surface area contributed by atoms with E-state index < -0.39 is 17.3 Å². The third kappa shape index (κ3) is 4.81. The van der Waals surface area contributed by atoms with Crippen LogP contribution in [0.25, 0.3) is 22.0 Å². The monoisotopic (exact) mass is 580 g/mol. The number of hydrogen-bond acceptors (Lipinski definition) is 6. The number of ether oxygens (including phenoxy) is 1. The zero-order valence-electron chi connectivity index (χ0n) is 20.9. The van der Waals surface area contributed by atoms with Crippen LogP contribution in [-0.4, -0.2) is 66.0 Å². The molecule has 2 aliphatic rings. The number of amides is 1. The number of nitrogens with zero attached hydrogens (tertiary/aromatic N) is 4. The van der Waals surface area contributed by atoms with Gasteiger partial charge in [-0.3, -0.25) is 9.36 Å². The molecule has 1 amide bonds. The summed E-state index contributed by atoms with van der Waals surface area (Å²) in [7, 11) is 1.57. The number of aryl methyl sites for hydroxylation is 1. The molecule has 1 aromatic heterocycles. The van der Waals surface area contributed by atoms with Gasteiger partial charge in [-0.15, -0.1) is 11.8 Å². The van der Waals surface area contributed by atoms with Crippen LogP contribution in [0.3, 0.4) is 0 Å². The highest BCUT2D eigenvalue weighted by Crippen LogP contribution is 2.46. The molecule has 12 heteroatoms. The van der Waals surface area contributed by atoms with Crippen molar-refractivity contribution in [1.29, 1.82) is 0 Å². The maximum atomic E-state index is 15.1. The smallest absolute Gasteiger partial charge is 0.350 e. The Hall–Kier alpha value is -2.60. The second kappa shape index (κ2) is 11.3. The SMILES string of the molecule is C=CC(=O)N1CCN(c2nc(=O)n3c4c(c(-c5cc(Cl)c(F)cc5F)c(C)cc24)SC[C@@H]3COC)CC1.S. The van der Waals surface area contributed by atoms with E-state index in [4.69, 9.17) is 16.3 Å². The zero-order valence-corrected chi connectivity index (χ0v) is 23.5. The van der Waals surface area contributed by atoms with E-state index in [1.165, 1.54) is 23.9 Å². The van der Waals surface area contributed by atoms with Crippen LogP contribution in [-0.2, 0) is 9.53 Å². The predicted molar refractivity (Wildman–Crippen MR) is 152 cm³/mol. The first-order valence-electron chi connectivity index (χ1n) is 11.8. The van der Waals surface area contributed by atoms with Gasteiger partial charge in [0.1, 0.15) is 17.5 Å². The van der Waals surface area contributed by atoms with Gasteiger partial charge < -0.3 is 14.5 Å². The molecule has 0 aliphatic carbocycles. The Kier molecular flexibility index (Phi) is 8.41. The minimum absolute atomic E-state index is 0. The van der Waals surface area contributed by atoms with Crippen LogP contribution < -0.4 is 10.6 Å². The van der Waals surface area contributed by atoms with Crippen LogP contribution in [0.15, 0.2) is 40.5 Å². The molecule has 1 atom stereocenters. The molecule has 1 saturated heterocycles. The molecular formula is C26H27ClF2N4O3S2. The Labute approximate surface area is 234 Å². The lowest BCUT2D eigenvalue weighted by Gasteiger charge is -2.36. The molecule has 1 fully saturated rings. The molecule has 3 aromatic rings. The topological polar surface area (TPSA) is 67.7 Å². The van der Waals surface area contributed by atoms with Crippen LogP contribution >= 0.6 is 36.9 Å². The summed E-state index contributed by atoms with van der Waals surface area (Å²) < 4.78 is 36.0. The summed E-state index contributed by atoms with van der Waals surface area (Å²) in [4.78, 5) is 34.4. The van der Waals surface area contributed by atoms with Crippen LogP contribution in [0.5, 0.6) is 0 Å². The maximum Gasteiger partial charge on any atom is 0.350 e. The molecule has 3 heterocycles. The highest BCUT2D eigenvalue weighted by molar-refractivity contribution is 7.99. The lowest BCUT2D eigenvalue weighted by Crippen LogP contribution is -2.49. The molecule has 0 spiro atoms. The van der Waals surface area contributed by atoms with E-state index in [1.54, 1.807) is 16.6 Å². The summed E-state index contributed by atoms with van der Waals surface area (Å²) in [6, 6.07) is 3.70. The van der Waals surface area contributed by atoms with Crippen molar-refractivity contribution in [2.75, 3.05) is 50.5 Å². The Morgan fingerprint density at radius 2 is 1.95 bits per heavy atom. The van der Waals surface area contributed by atoms with Crippen molar-refractivity contribution < 1.29 is 18.3 Å². The maximum absolute atomic E-state index is 15.1. The van der Waals surface area contributed by atoms with Crippen molar-refractivity contribution >= 4 is 59.5 Å². The molecule has 202 valence electrons. The summed E-state index contributed by atoms with van der Waals surface area (Å²) in [6.07, 6.45) is 1.29. The molecule has 0 radical (unpaired) electrons. The third-order valence-electron chi connectivity index (χ3n) is 6.83. The highest BCUT2D eigenvalue weighted by atomic mass is 35.5. The number of halogens is 3. The average molecular weight is 581 g/mol. The minimum atomic E-state index is -0.833. The Balaban J connectivity index is 0.00000336. The summed E-state index contributed by atoms with van der Waals surface area (Å²) in [5.41, 5.74) is 1.70. The van der Waals surface area contributed by atoms with Gasteiger partial charge in [-0.25, -0.2) is 13.6 Å². The van der Waals surface area contributed by atoms with Crippen LogP contribution in [0.1, 0.15) is 11.6 Å². The number of thioether (sulfide) groups is 1. The van der Waals surface area contributed by atoms with Crippen molar-refractivity contribution in [3.8, 4) is 11.1 Å². The molecule has 5 rings (SSSR count). The summed E-state index contributed by atoms with van der Waals surface area (Å²) in [5.74, 6) is -0.656. The number of hydrogen-bond donors (Lipinski definition) is 0. The Morgan fingerprint density at radius 1 is 1.24 bits per heavy atom. The number of carbonyl (C=O) groups excluding carboxylic acids is 1. The normalized spacial score (nSPS) is 16.9. The highest BCUT2D eigenvalue weighted by Gasteiger charge is 2.31. The van der Waals surface area contributed by atoms with E-state index in [2.05, 4.69) is 11.6 Å². The lowest BCUT2D eigenvalue weighted by molar-refractivity contribution is -0.126. The number of aromatic nitrogens is 2. The van der Waals surface area contributed by atoms with Gasteiger partial charge in [0.2, 0.25) is 5.91 Å². The van der Waals surface area contributed by atoms with Gasteiger partial charge in [0.15, 0.2) is 0 Å². The summed E-state index contributed by atoms with van der Waals surface area (Å²) >= 11 is 7.54. The van der Waals surface area contributed by atoms with Crippen LogP contribution in [0, 0.1) is 18.6 Å². The quantitative estimate of drug-likeness (QED) is 0.326. The van der Waals surface area contributed by atoms with E-state index in [0.717, 1.165) is 17.0 Å². The third-order valence-corrected chi connectivity index (χ3v) is 8.36. The number of anilines is 1. The molecular weight excluding hydrogens is 554 g/mol. The van der Waals surface area contributed by atoms with Gasteiger partial charge >= 0.3 is 5.69 Å². The minimum Gasteiger partial charge on any atom is -0.383 e. The number of piperazine rings is 1. The lowest BCUT2D eigenvalue weighted by atomic mass is 9.96. The van der Waals surface area contributed by atoms with E-state index in [-0.39, 0.29) is 36.0 Å². The molecule has 38 heavy (non-hydrogen) atoms. The zero-order chi connectivity index (χ0) is 26.4. The molecule has 0 N–H and O–H groups in total. The van der Waals surface area contributed by atoms with Crippen molar-refractivity contribution in [2.45, 2.75) is 17.9 Å². The van der Waals surface area contributed by atoms with Crippen LogP contribution in [0.4, 0.5) is 14.6 Å². The fourth-order valence-corrected chi connectivity index (χ4v) is 6.62. The van der Waals surface area contributed by atoms with Crippen molar-refractivity contribution in [3.05, 3.63) is 63.6 Å². The fourth-order valence-electron chi connectivity index (χ4n) is 5.09. The molecule has 2 aromatic carbocycles. The van der Waals surface area contributed by atoms with Gasteiger partial charge in [0.25, 0.3) is 0 Å². The van der Waals surface area contributed by atoms with Gasteiger partial charge in [-0.1, -0.05) is 18.2 Å². The summed E-state index contributed by atoms with van der Waals surface area (Å²) in [6.45, 7) is 7.66. The van der Waals surface area contributed by atoms with Crippen molar-refractivity contribution in [2.24, 2.45) is 0 Å². The molecule has 0 bridgehead atoms. The molecule has 2 aliphatic heterocycles. The first kappa shape index (κ1) is 28.4. The number of benzene rings is 2. The van der Waals surface area contributed by atoms with Crippen molar-refractivity contribution in [3.63, 3.8) is 0 Å². The summed E-state index contributed by atoms with van der Waals surface area (Å²) in [5, 5.41) is 0.571. The molecule has 7 nitrogen and oxygen atoms in total. The van der Waals surface area contributed by atoms with E-state index in [1.807, 2.05) is 17.9 Å². The van der Waals surface area contributed by atoms with Crippen LogP contribution in [0.2, 0.25) is 5.02 Å². The first-order valence-corrected chi connectivity index (χ1v) is 13.1. The number of carbonyl (C=O) groups is 1. The Bertz CT molecular complexity index is 1490. The second-order valence-corrected chi connectivity index (χ2v) is 10.5. The largest absolute Gasteiger partial charge is 0.383 e. The van der Waals surface area contributed by atoms with Crippen molar-refractivity contribution in [1.82, 2.24) is 14.5 Å². The fraction of sp³-hybridized carbons (Fsp3) is 0.346. The van der Waals surface area contributed by atoms with E-state index in [9.17, 15) is 14.0 Å². The predicted octanol–water partition coefficient (Wildman–Crippen LogP) is 4.54. The van der Waals surface area contributed by atoms with E-state index >= 15 is 4.39 Å². The number of rotatable bonds is 5. The molecule has 0 unspecified atom stereocenters. The van der Waals surface area contributed by atoms with Gasteiger partial charge in [0.05, 0.1) is 23.2 Å². The standard InChI is InChI=1S/C26H25ClF2N4O3S.H2S/c1-4-21(34)31-5-7-32(8-6-31)25-17-9-14(2)22(16-10-18(27)20(29)11-19(16)28)24-23(17)33(26(35)30-25)15(12-36-3)13-37-24;/h4,9-11,15H,1,5-8,12-13H2,2-3H3;1H2/t15-;/m0./s1. The van der Waals surface area contributed by atoms with E-state index in [0.29, 0.717) is 60.3 Å². The number of methoxy groups -OCH3 is 1. The van der Waals surface area contributed by atoms with Gasteiger partial charge in [-0.05, 0) is 30.7 Å². The van der Waals surface area contributed by atoms with Gasteiger partial charge in [0, 0.05) is 66.5 Å². The first-order chi connectivity index (χ1) is 17.7.